The lowest BCUT2D eigenvalue weighted by Crippen LogP contribution is -2.18. The molecule has 0 saturated carbocycles. The quantitative estimate of drug-likeness (QED) is 0.428. The van der Waals surface area contributed by atoms with Crippen molar-refractivity contribution in [3.8, 4) is 5.75 Å². The van der Waals surface area contributed by atoms with E-state index in [-0.39, 0.29) is 11.5 Å². The first kappa shape index (κ1) is 20.5. The first-order valence-electron chi connectivity index (χ1n) is 10.7. The average molecular weight is 438 g/mol. The molecule has 0 spiro atoms. The summed E-state index contributed by atoms with van der Waals surface area (Å²) in [6, 6.07) is 24.0. The summed E-state index contributed by atoms with van der Waals surface area (Å²) in [5.74, 6) is 0.416. The summed E-state index contributed by atoms with van der Waals surface area (Å²) >= 11 is 0. The van der Waals surface area contributed by atoms with Crippen molar-refractivity contribution in [3.05, 3.63) is 107 Å². The molecule has 5 rings (SSSR count). The molecule has 3 heterocycles. The molecule has 1 N–H and O–H groups in total. The third-order valence-corrected chi connectivity index (χ3v) is 5.42. The number of rotatable bonds is 6. The Kier molecular flexibility index (Phi) is 5.36. The summed E-state index contributed by atoms with van der Waals surface area (Å²) < 4.78 is 8.75. The molecule has 3 aromatic heterocycles. The van der Waals surface area contributed by atoms with Gasteiger partial charge in [0, 0.05) is 18.4 Å². The Morgan fingerprint density at radius 2 is 1.76 bits per heavy atom. The van der Waals surface area contributed by atoms with Crippen molar-refractivity contribution in [2.24, 2.45) is 0 Å². The third kappa shape index (κ3) is 3.96. The highest BCUT2D eigenvalue weighted by atomic mass is 16.5. The van der Waals surface area contributed by atoms with Crippen LogP contribution in [-0.4, -0.2) is 26.5 Å². The van der Waals surface area contributed by atoms with Crippen molar-refractivity contribution < 1.29 is 9.53 Å². The summed E-state index contributed by atoms with van der Waals surface area (Å²) in [4.78, 5) is 31.2. The summed E-state index contributed by atoms with van der Waals surface area (Å²) in [5.41, 5.74) is 2.79. The van der Waals surface area contributed by atoms with Crippen LogP contribution in [0.3, 0.4) is 0 Å². The lowest BCUT2D eigenvalue weighted by molar-refractivity contribution is 0.101. The van der Waals surface area contributed by atoms with E-state index < -0.39 is 0 Å². The molecule has 0 atom stereocenters. The van der Waals surface area contributed by atoms with Gasteiger partial charge < -0.3 is 14.6 Å². The van der Waals surface area contributed by atoms with Crippen LogP contribution in [0, 0.1) is 0 Å². The van der Waals surface area contributed by atoms with Gasteiger partial charge in [-0.05, 0) is 55.0 Å². The maximum Gasteiger partial charge on any atom is 0.272 e. The predicted molar refractivity (Wildman–Crippen MR) is 128 cm³/mol. The maximum absolute atomic E-state index is 13.3. The van der Waals surface area contributed by atoms with Crippen LogP contribution in [0.2, 0.25) is 0 Å². The molecule has 0 aliphatic carbocycles. The highest BCUT2D eigenvalue weighted by molar-refractivity contribution is 6.06. The van der Waals surface area contributed by atoms with Crippen LogP contribution < -0.4 is 15.6 Å². The van der Waals surface area contributed by atoms with Gasteiger partial charge in [0.25, 0.3) is 11.5 Å². The summed E-state index contributed by atoms with van der Waals surface area (Å²) in [7, 11) is 0. The molecule has 7 heteroatoms. The van der Waals surface area contributed by atoms with Crippen LogP contribution in [0.15, 0.2) is 89.9 Å². The normalized spacial score (nSPS) is 11.1. The Bertz CT molecular complexity index is 1500. The number of anilines is 1. The molecule has 0 radical (unpaired) electrons. The van der Waals surface area contributed by atoms with E-state index in [1.54, 1.807) is 53.2 Å². The molecule has 33 heavy (non-hydrogen) atoms. The molecular weight excluding hydrogens is 416 g/mol. The number of ether oxygens (including phenoxy) is 1. The smallest absolute Gasteiger partial charge is 0.272 e. The second kappa shape index (κ2) is 8.63. The van der Waals surface area contributed by atoms with Crippen molar-refractivity contribution in [2.45, 2.75) is 13.5 Å². The Hall–Kier alpha value is -4.39. The van der Waals surface area contributed by atoms with Crippen LogP contribution in [0.5, 0.6) is 5.75 Å². The molecule has 7 nitrogen and oxygen atoms in total. The number of carbonyl (C=O) groups is 1. The third-order valence-electron chi connectivity index (χ3n) is 5.42. The van der Waals surface area contributed by atoms with Crippen molar-refractivity contribution in [1.29, 1.82) is 0 Å². The van der Waals surface area contributed by atoms with E-state index in [9.17, 15) is 9.59 Å². The number of nitrogens with one attached hydrogen (secondary N) is 1. The molecule has 0 unspecified atom stereocenters. The van der Waals surface area contributed by atoms with Gasteiger partial charge in [-0.2, -0.15) is 0 Å². The van der Waals surface area contributed by atoms with E-state index in [1.807, 2.05) is 43.3 Å². The topological polar surface area (TPSA) is 77.6 Å². The van der Waals surface area contributed by atoms with Gasteiger partial charge in [0.1, 0.15) is 22.7 Å². The number of nitrogens with zero attached hydrogens (tertiary/aromatic N) is 3. The second-order valence-electron chi connectivity index (χ2n) is 7.60. The molecular formula is C26H22N4O3. The van der Waals surface area contributed by atoms with Gasteiger partial charge in [-0.1, -0.05) is 36.4 Å². The summed E-state index contributed by atoms with van der Waals surface area (Å²) in [6.45, 7) is 2.90. The van der Waals surface area contributed by atoms with E-state index in [2.05, 4.69) is 5.32 Å². The Morgan fingerprint density at radius 1 is 1.00 bits per heavy atom. The van der Waals surface area contributed by atoms with E-state index in [0.717, 1.165) is 11.3 Å². The van der Waals surface area contributed by atoms with Crippen LogP contribution >= 0.6 is 0 Å². The minimum absolute atomic E-state index is 0.211. The number of carbonyl (C=O) groups excluding carboxylic acids is 1. The number of amides is 1. The average Bonchev–Trinajstić information content (AvgIpc) is 3.20. The Morgan fingerprint density at radius 3 is 2.52 bits per heavy atom. The van der Waals surface area contributed by atoms with E-state index in [4.69, 9.17) is 9.72 Å². The molecule has 1 amide bonds. The Labute approximate surface area is 189 Å². The molecule has 0 aliphatic heterocycles. The number of pyridine rings is 1. The van der Waals surface area contributed by atoms with Crippen LogP contribution in [0.4, 0.5) is 5.69 Å². The minimum Gasteiger partial charge on any atom is -0.494 e. The first-order valence-corrected chi connectivity index (χ1v) is 10.7. The number of benzene rings is 2. The van der Waals surface area contributed by atoms with Crippen LogP contribution in [-0.2, 0) is 6.54 Å². The lowest BCUT2D eigenvalue weighted by Gasteiger charge is -2.12. The fourth-order valence-corrected chi connectivity index (χ4v) is 3.86. The summed E-state index contributed by atoms with van der Waals surface area (Å²) in [5, 5.41) is 3.32. The van der Waals surface area contributed by atoms with Crippen molar-refractivity contribution >= 4 is 28.3 Å². The monoisotopic (exact) mass is 438 g/mol. The number of hydrogen-bond acceptors (Lipinski definition) is 4. The highest BCUT2D eigenvalue weighted by Crippen LogP contribution is 2.21. The fourth-order valence-electron chi connectivity index (χ4n) is 3.86. The van der Waals surface area contributed by atoms with Crippen LogP contribution in [0.25, 0.3) is 16.7 Å². The molecule has 2 aromatic carbocycles. The second-order valence-corrected chi connectivity index (χ2v) is 7.60. The SMILES string of the molecule is CCOc1ccc(NC(=O)c2cc3c(=O)n4ccccc4nc3n2Cc2ccccc2)cc1. The zero-order valence-electron chi connectivity index (χ0n) is 18.1. The number of hydrogen-bond donors (Lipinski definition) is 1. The maximum atomic E-state index is 13.3. The zero-order chi connectivity index (χ0) is 22.8. The van der Waals surface area contributed by atoms with Gasteiger partial charge >= 0.3 is 0 Å². The van der Waals surface area contributed by atoms with Crippen molar-refractivity contribution in [3.63, 3.8) is 0 Å². The Balaban J connectivity index is 1.61. The molecule has 164 valence electrons. The van der Waals surface area contributed by atoms with Gasteiger partial charge in [-0.15, -0.1) is 0 Å². The number of aromatic nitrogens is 3. The standard InChI is InChI=1S/C26H22N4O3/c1-2-33-20-13-11-19(12-14-20)27-25(31)22-16-21-24(30(22)17-18-8-4-3-5-9-18)28-23-10-6-7-15-29(23)26(21)32/h3-16H,2,17H2,1H3,(H,27,31). The van der Waals surface area contributed by atoms with E-state index >= 15 is 0 Å². The van der Waals surface area contributed by atoms with Gasteiger partial charge in [0.05, 0.1) is 12.0 Å². The molecule has 0 fully saturated rings. The van der Waals surface area contributed by atoms with Crippen molar-refractivity contribution in [2.75, 3.05) is 11.9 Å². The number of fused-ring (bicyclic) bond motifs is 2. The molecule has 0 bridgehead atoms. The van der Waals surface area contributed by atoms with Crippen molar-refractivity contribution in [1.82, 2.24) is 14.0 Å². The van der Waals surface area contributed by atoms with Crippen LogP contribution in [0.1, 0.15) is 23.0 Å². The van der Waals surface area contributed by atoms with Gasteiger partial charge in [-0.3, -0.25) is 14.0 Å². The van der Waals surface area contributed by atoms with Gasteiger partial charge in [0.15, 0.2) is 0 Å². The predicted octanol–water partition coefficient (Wildman–Crippen LogP) is 4.35. The van der Waals surface area contributed by atoms with E-state index in [0.29, 0.717) is 41.2 Å². The largest absolute Gasteiger partial charge is 0.494 e. The summed E-state index contributed by atoms with van der Waals surface area (Å²) in [6.07, 6.45) is 1.68. The van der Waals surface area contributed by atoms with Gasteiger partial charge in [0.2, 0.25) is 0 Å². The lowest BCUT2D eigenvalue weighted by atomic mass is 10.2. The first-order chi connectivity index (χ1) is 16.1. The highest BCUT2D eigenvalue weighted by Gasteiger charge is 2.20. The minimum atomic E-state index is -0.318. The molecule has 0 saturated heterocycles. The zero-order valence-corrected chi connectivity index (χ0v) is 18.1. The van der Waals surface area contributed by atoms with E-state index in [1.165, 1.54) is 4.40 Å². The fraction of sp³-hybridized carbons (Fsp3) is 0.115. The van der Waals surface area contributed by atoms with Gasteiger partial charge in [-0.25, -0.2) is 4.98 Å². The molecule has 0 aliphatic rings. The molecule has 5 aromatic rings.